The van der Waals surface area contributed by atoms with E-state index in [1.807, 2.05) is 11.6 Å². The lowest BCUT2D eigenvalue weighted by molar-refractivity contribution is -0.0230. The smallest absolute Gasteiger partial charge is 0.407 e. The van der Waals surface area contributed by atoms with Gasteiger partial charge in [-0.05, 0) is 55.0 Å². The highest BCUT2D eigenvalue weighted by molar-refractivity contribution is 9.10. The third-order valence-electron chi connectivity index (χ3n) is 4.61. The molecule has 3 rings (SSSR count). The molecule has 2 aliphatic rings. The van der Waals surface area contributed by atoms with Gasteiger partial charge in [0.2, 0.25) is 0 Å². The molecule has 6 nitrogen and oxygen atoms in total. The largest absolute Gasteiger partial charge is 0.465 e. The Balaban J connectivity index is 1.85. The quantitative estimate of drug-likeness (QED) is 0.860. The number of carboxylic acid groups (broad SMARTS) is 1. The van der Waals surface area contributed by atoms with Crippen LogP contribution in [0.25, 0.3) is 0 Å². The topological polar surface area (TPSA) is 71.2 Å². The zero-order chi connectivity index (χ0) is 13.6. The van der Waals surface area contributed by atoms with Crippen molar-refractivity contribution in [1.29, 1.82) is 0 Å². The second-order valence-corrected chi connectivity index (χ2v) is 6.32. The number of halogens is 1. The third kappa shape index (κ3) is 1.94. The van der Waals surface area contributed by atoms with Crippen molar-refractivity contribution in [2.45, 2.75) is 50.6 Å². The van der Waals surface area contributed by atoms with Gasteiger partial charge in [0, 0.05) is 12.1 Å². The minimum absolute atomic E-state index is 0.153. The maximum Gasteiger partial charge on any atom is 0.407 e. The summed E-state index contributed by atoms with van der Waals surface area (Å²) in [5.74, 6) is 0. The Hall–Kier alpha value is -1.11. The van der Waals surface area contributed by atoms with Gasteiger partial charge in [0.1, 0.15) is 0 Å². The summed E-state index contributed by atoms with van der Waals surface area (Å²) in [7, 11) is 0. The third-order valence-corrected chi connectivity index (χ3v) is 5.34. The van der Waals surface area contributed by atoms with Crippen LogP contribution in [0.3, 0.4) is 0 Å². The van der Waals surface area contributed by atoms with Gasteiger partial charge in [0.15, 0.2) is 4.60 Å². The molecule has 1 aromatic heterocycles. The Labute approximate surface area is 119 Å². The van der Waals surface area contributed by atoms with Crippen molar-refractivity contribution in [2.75, 3.05) is 6.54 Å². The van der Waals surface area contributed by atoms with Crippen molar-refractivity contribution in [3.8, 4) is 0 Å². The van der Waals surface area contributed by atoms with Gasteiger partial charge >= 0.3 is 6.09 Å². The summed E-state index contributed by atoms with van der Waals surface area (Å²) in [4.78, 5) is 13.0. The average Bonchev–Trinajstić information content (AvgIpc) is 2.67. The molecular formula is C12H17BrN4O2. The molecule has 0 bridgehead atoms. The van der Waals surface area contributed by atoms with Crippen molar-refractivity contribution < 1.29 is 9.90 Å². The molecule has 2 heterocycles. The summed E-state index contributed by atoms with van der Waals surface area (Å²) >= 11 is 3.38. The Morgan fingerprint density at radius 2 is 2.26 bits per heavy atom. The standard InChI is InChI=1S/C12H17BrN4O2/c1-8-10(13)14-15-17(8)9-3-6-16(11(18)19)12(7-9)4-2-5-12/h9H,2-7H2,1H3,(H,18,19). The number of likely N-dealkylation sites (tertiary alicyclic amines) is 1. The molecule has 0 radical (unpaired) electrons. The maximum absolute atomic E-state index is 11.4. The molecule has 1 saturated carbocycles. The molecule has 1 unspecified atom stereocenters. The number of rotatable bonds is 1. The monoisotopic (exact) mass is 328 g/mol. The molecule has 104 valence electrons. The van der Waals surface area contributed by atoms with E-state index in [0.29, 0.717) is 6.54 Å². The zero-order valence-corrected chi connectivity index (χ0v) is 12.4. The summed E-state index contributed by atoms with van der Waals surface area (Å²) in [6.07, 6.45) is 3.96. The molecule has 2 fully saturated rings. The van der Waals surface area contributed by atoms with Crippen molar-refractivity contribution in [3.63, 3.8) is 0 Å². The van der Waals surface area contributed by atoms with Crippen LogP contribution in [0.15, 0.2) is 4.60 Å². The fraction of sp³-hybridized carbons (Fsp3) is 0.750. The zero-order valence-electron chi connectivity index (χ0n) is 10.8. The van der Waals surface area contributed by atoms with Crippen LogP contribution in [-0.2, 0) is 0 Å². The summed E-state index contributed by atoms with van der Waals surface area (Å²) < 4.78 is 2.72. The van der Waals surface area contributed by atoms with Crippen LogP contribution in [0.2, 0.25) is 0 Å². The normalized spacial score (nSPS) is 25.4. The second kappa shape index (κ2) is 4.47. The molecule has 1 aromatic rings. The highest BCUT2D eigenvalue weighted by atomic mass is 79.9. The lowest BCUT2D eigenvalue weighted by Gasteiger charge is -2.53. The van der Waals surface area contributed by atoms with Crippen LogP contribution in [0.1, 0.15) is 43.8 Å². The van der Waals surface area contributed by atoms with Crippen molar-refractivity contribution >= 4 is 22.0 Å². The van der Waals surface area contributed by atoms with Crippen LogP contribution >= 0.6 is 15.9 Å². The lowest BCUT2D eigenvalue weighted by atomic mass is 9.69. The molecule has 1 saturated heterocycles. The number of amides is 1. The first-order chi connectivity index (χ1) is 9.03. The molecule has 1 aliphatic carbocycles. The predicted octanol–water partition coefficient (Wildman–Crippen LogP) is 2.59. The molecule has 1 atom stereocenters. The lowest BCUT2D eigenvalue weighted by Crippen LogP contribution is -2.60. The summed E-state index contributed by atoms with van der Waals surface area (Å²) in [5, 5.41) is 17.6. The molecule has 1 aliphatic heterocycles. The van der Waals surface area contributed by atoms with Crippen molar-refractivity contribution in [1.82, 2.24) is 19.9 Å². The van der Waals surface area contributed by atoms with E-state index in [2.05, 4.69) is 26.2 Å². The molecular weight excluding hydrogens is 312 g/mol. The SMILES string of the molecule is Cc1c(Br)nnn1C1CCN(C(=O)O)C2(CCC2)C1. The first kappa shape index (κ1) is 12.9. The van der Waals surface area contributed by atoms with Gasteiger partial charge in [-0.1, -0.05) is 5.21 Å². The maximum atomic E-state index is 11.4. The highest BCUT2D eigenvalue weighted by Crippen LogP contribution is 2.47. The van der Waals surface area contributed by atoms with Gasteiger partial charge in [-0.3, -0.25) is 0 Å². The van der Waals surface area contributed by atoms with Crippen LogP contribution in [-0.4, -0.2) is 43.2 Å². The summed E-state index contributed by atoms with van der Waals surface area (Å²) in [6, 6.07) is 0.259. The minimum Gasteiger partial charge on any atom is -0.465 e. The van der Waals surface area contributed by atoms with E-state index in [1.54, 1.807) is 4.90 Å². The van der Waals surface area contributed by atoms with Gasteiger partial charge in [0.25, 0.3) is 0 Å². The molecule has 1 N–H and O–H groups in total. The van der Waals surface area contributed by atoms with E-state index in [9.17, 15) is 9.90 Å². The van der Waals surface area contributed by atoms with Crippen LogP contribution in [0, 0.1) is 6.92 Å². The van der Waals surface area contributed by atoms with E-state index < -0.39 is 6.09 Å². The number of carbonyl (C=O) groups is 1. The molecule has 0 aromatic carbocycles. The predicted molar refractivity (Wildman–Crippen MR) is 72.0 cm³/mol. The Kier molecular flexibility index (Phi) is 3.03. The fourth-order valence-electron chi connectivity index (χ4n) is 3.40. The highest BCUT2D eigenvalue weighted by Gasteiger charge is 2.49. The van der Waals surface area contributed by atoms with E-state index in [-0.39, 0.29) is 11.6 Å². The Morgan fingerprint density at radius 3 is 2.74 bits per heavy atom. The first-order valence-corrected chi connectivity index (χ1v) is 7.41. The van der Waals surface area contributed by atoms with Crippen LogP contribution < -0.4 is 0 Å². The van der Waals surface area contributed by atoms with Gasteiger partial charge in [-0.15, -0.1) is 5.10 Å². The summed E-state index contributed by atoms with van der Waals surface area (Å²) in [6.45, 7) is 2.58. The molecule has 7 heteroatoms. The van der Waals surface area contributed by atoms with Crippen LogP contribution in [0.5, 0.6) is 0 Å². The molecule has 19 heavy (non-hydrogen) atoms. The average molecular weight is 329 g/mol. The van der Waals surface area contributed by atoms with E-state index >= 15 is 0 Å². The molecule has 1 amide bonds. The molecule has 1 spiro atoms. The fourth-order valence-corrected chi connectivity index (χ4v) is 3.65. The number of nitrogens with zero attached hydrogens (tertiary/aromatic N) is 4. The van der Waals surface area contributed by atoms with Gasteiger partial charge in [-0.25, -0.2) is 9.48 Å². The number of hydrogen-bond acceptors (Lipinski definition) is 3. The Bertz CT molecular complexity index is 512. The minimum atomic E-state index is -0.783. The number of hydrogen-bond donors (Lipinski definition) is 1. The van der Waals surface area contributed by atoms with Crippen LogP contribution in [0.4, 0.5) is 4.79 Å². The van der Waals surface area contributed by atoms with E-state index in [1.165, 1.54) is 0 Å². The van der Waals surface area contributed by atoms with Gasteiger partial charge in [-0.2, -0.15) is 0 Å². The first-order valence-electron chi connectivity index (χ1n) is 6.61. The van der Waals surface area contributed by atoms with Gasteiger partial charge in [0.05, 0.1) is 11.7 Å². The summed E-state index contributed by atoms with van der Waals surface area (Å²) in [5.41, 5.74) is 0.864. The van der Waals surface area contributed by atoms with E-state index in [0.717, 1.165) is 42.4 Å². The van der Waals surface area contributed by atoms with Crippen molar-refractivity contribution in [2.24, 2.45) is 0 Å². The number of piperidine rings is 1. The van der Waals surface area contributed by atoms with E-state index in [4.69, 9.17) is 0 Å². The number of aromatic nitrogens is 3. The van der Waals surface area contributed by atoms with Gasteiger partial charge < -0.3 is 10.0 Å². The Morgan fingerprint density at radius 1 is 1.53 bits per heavy atom. The second-order valence-electron chi connectivity index (χ2n) is 5.57. The van der Waals surface area contributed by atoms with Crippen molar-refractivity contribution in [3.05, 3.63) is 10.3 Å².